The predicted octanol–water partition coefficient (Wildman–Crippen LogP) is 9.78. The third kappa shape index (κ3) is 4.43. The Morgan fingerprint density at radius 2 is 1.11 bits per heavy atom. The van der Waals surface area contributed by atoms with E-state index in [2.05, 4.69) is 58.1 Å². The number of nitrogens with zero attached hydrogens (tertiary/aromatic N) is 4. The molecule has 0 aliphatic carbocycles. The van der Waals surface area contributed by atoms with Gasteiger partial charge in [-0.1, -0.05) is 103 Å². The summed E-state index contributed by atoms with van der Waals surface area (Å²) < 4.78 is 18.0. The summed E-state index contributed by atoms with van der Waals surface area (Å²) in [4.78, 5) is 14.2. The van der Waals surface area contributed by atoms with Crippen LogP contribution in [0.15, 0.2) is 152 Å². The third-order valence-electron chi connectivity index (χ3n) is 8.00. The highest BCUT2D eigenvalue weighted by Gasteiger charge is 2.18. The number of aromatic nitrogens is 4. The van der Waals surface area contributed by atoms with Gasteiger partial charge in [0, 0.05) is 45.4 Å². The van der Waals surface area contributed by atoms with Gasteiger partial charge in [-0.25, -0.2) is 14.4 Å². The SMILES string of the molecule is Fc1ccc(-c2cnccc2-n2c3ccccc3c3ccccc32)cc1-c1cc(-c2ccccc2)nc(-c2ccccc2)n1. The largest absolute Gasteiger partial charge is 0.309 e. The fraction of sp³-hybridized carbons (Fsp3) is 0. The third-order valence-corrected chi connectivity index (χ3v) is 8.00. The van der Waals surface area contributed by atoms with Crippen LogP contribution in [0.25, 0.3) is 72.5 Å². The summed E-state index contributed by atoms with van der Waals surface area (Å²) in [5.41, 5.74) is 8.33. The van der Waals surface area contributed by atoms with Crippen molar-refractivity contribution < 1.29 is 4.39 Å². The summed E-state index contributed by atoms with van der Waals surface area (Å²) in [7, 11) is 0. The van der Waals surface area contributed by atoms with Gasteiger partial charge in [0.25, 0.3) is 0 Å². The van der Waals surface area contributed by atoms with E-state index in [0.29, 0.717) is 17.1 Å². The maximum absolute atomic E-state index is 15.7. The normalized spacial score (nSPS) is 11.3. The minimum Gasteiger partial charge on any atom is -0.309 e. The Kier molecular flexibility index (Phi) is 6.27. The lowest BCUT2D eigenvalue weighted by Gasteiger charge is -2.15. The molecule has 8 rings (SSSR count). The van der Waals surface area contributed by atoms with Crippen LogP contribution in [-0.4, -0.2) is 19.5 Å². The van der Waals surface area contributed by atoms with Crippen LogP contribution < -0.4 is 0 Å². The molecule has 0 bridgehead atoms. The number of hydrogen-bond acceptors (Lipinski definition) is 3. The van der Waals surface area contributed by atoms with Crippen molar-refractivity contribution in [3.05, 3.63) is 158 Å². The van der Waals surface area contributed by atoms with Gasteiger partial charge in [0.1, 0.15) is 5.82 Å². The Labute approximate surface area is 253 Å². The lowest BCUT2D eigenvalue weighted by atomic mass is 9.99. The highest BCUT2D eigenvalue weighted by Crippen LogP contribution is 2.37. The Morgan fingerprint density at radius 3 is 1.82 bits per heavy atom. The molecule has 4 nitrogen and oxygen atoms in total. The van der Waals surface area contributed by atoms with Crippen LogP contribution >= 0.6 is 0 Å². The average Bonchev–Trinajstić information content (AvgIpc) is 3.43. The van der Waals surface area contributed by atoms with E-state index in [1.807, 2.05) is 91.1 Å². The Balaban J connectivity index is 1.33. The summed E-state index contributed by atoms with van der Waals surface area (Å²) >= 11 is 0. The van der Waals surface area contributed by atoms with Gasteiger partial charge >= 0.3 is 0 Å². The standard InChI is InChI=1S/C39H25FN4/c40-33-20-19-28(32-25-41-22-21-38(32)44-36-17-9-7-15-29(36)30-16-8-10-18-37(30)44)23-31(33)35-24-34(26-11-3-1-4-12-26)42-39(43-35)27-13-5-2-6-14-27/h1-25H. The number of halogens is 1. The molecule has 0 saturated heterocycles. The molecule has 3 heterocycles. The van der Waals surface area contributed by atoms with Crippen molar-refractivity contribution in [1.29, 1.82) is 0 Å². The van der Waals surface area contributed by atoms with Crippen molar-refractivity contribution in [3.8, 4) is 50.7 Å². The van der Waals surface area contributed by atoms with E-state index < -0.39 is 0 Å². The maximum Gasteiger partial charge on any atom is 0.160 e. The number of hydrogen-bond donors (Lipinski definition) is 0. The van der Waals surface area contributed by atoms with Crippen LogP contribution in [0.4, 0.5) is 4.39 Å². The lowest BCUT2D eigenvalue weighted by Crippen LogP contribution is -1.99. The predicted molar refractivity (Wildman–Crippen MR) is 176 cm³/mol. The molecule has 0 amide bonds. The second-order valence-corrected chi connectivity index (χ2v) is 10.7. The van der Waals surface area contributed by atoms with E-state index in [4.69, 9.17) is 9.97 Å². The van der Waals surface area contributed by atoms with Crippen LogP contribution in [0.1, 0.15) is 0 Å². The average molecular weight is 569 g/mol. The lowest BCUT2D eigenvalue weighted by molar-refractivity contribution is 0.631. The molecule has 8 aromatic rings. The molecule has 0 aliphatic heterocycles. The van der Waals surface area contributed by atoms with Crippen molar-refractivity contribution in [3.63, 3.8) is 0 Å². The molecule has 0 aliphatic rings. The topological polar surface area (TPSA) is 43.6 Å². The van der Waals surface area contributed by atoms with Gasteiger partial charge in [-0.2, -0.15) is 0 Å². The quantitative estimate of drug-likeness (QED) is 0.208. The monoisotopic (exact) mass is 568 g/mol. The first-order chi connectivity index (χ1) is 21.7. The summed E-state index contributed by atoms with van der Waals surface area (Å²) in [6.45, 7) is 0. The van der Waals surface area contributed by atoms with Crippen LogP contribution in [0.3, 0.4) is 0 Å². The van der Waals surface area contributed by atoms with Gasteiger partial charge in [-0.3, -0.25) is 4.98 Å². The summed E-state index contributed by atoms with van der Waals surface area (Å²) in [5, 5.41) is 2.35. The molecule has 44 heavy (non-hydrogen) atoms. The second-order valence-electron chi connectivity index (χ2n) is 10.7. The molecule has 0 radical (unpaired) electrons. The molecule has 0 fully saturated rings. The fourth-order valence-electron chi connectivity index (χ4n) is 5.93. The summed E-state index contributed by atoms with van der Waals surface area (Å²) in [5.74, 6) is 0.187. The fourth-order valence-corrected chi connectivity index (χ4v) is 5.93. The molecular formula is C39H25FN4. The number of rotatable bonds is 5. The molecule has 0 unspecified atom stereocenters. The zero-order chi connectivity index (χ0) is 29.5. The van der Waals surface area contributed by atoms with E-state index in [1.54, 1.807) is 6.20 Å². The molecule has 0 spiro atoms. The number of pyridine rings is 1. The van der Waals surface area contributed by atoms with E-state index in [0.717, 1.165) is 44.7 Å². The van der Waals surface area contributed by atoms with Crippen LogP contribution in [0.5, 0.6) is 0 Å². The van der Waals surface area contributed by atoms with Crippen molar-refractivity contribution in [1.82, 2.24) is 19.5 Å². The molecule has 5 heteroatoms. The van der Waals surface area contributed by atoms with Gasteiger partial charge in [0.15, 0.2) is 5.82 Å². The van der Waals surface area contributed by atoms with Gasteiger partial charge < -0.3 is 4.57 Å². The Bertz CT molecular complexity index is 2180. The van der Waals surface area contributed by atoms with Crippen LogP contribution in [0.2, 0.25) is 0 Å². The molecule has 3 aromatic heterocycles. The van der Waals surface area contributed by atoms with Crippen LogP contribution in [0, 0.1) is 5.82 Å². The summed E-state index contributed by atoms with van der Waals surface area (Å²) in [6.07, 6.45) is 3.65. The van der Waals surface area contributed by atoms with Gasteiger partial charge in [0.05, 0.1) is 28.1 Å². The van der Waals surface area contributed by atoms with E-state index in [9.17, 15) is 0 Å². The van der Waals surface area contributed by atoms with Crippen molar-refractivity contribution in [2.75, 3.05) is 0 Å². The first-order valence-corrected chi connectivity index (χ1v) is 14.5. The molecular weight excluding hydrogens is 543 g/mol. The van der Waals surface area contributed by atoms with Gasteiger partial charge in [0.2, 0.25) is 0 Å². The number of para-hydroxylation sites is 2. The minimum absolute atomic E-state index is 0.354. The van der Waals surface area contributed by atoms with Crippen molar-refractivity contribution in [2.24, 2.45) is 0 Å². The molecule has 208 valence electrons. The molecule has 5 aromatic carbocycles. The van der Waals surface area contributed by atoms with Gasteiger partial charge in [-0.15, -0.1) is 0 Å². The zero-order valence-electron chi connectivity index (χ0n) is 23.6. The molecule has 0 atom stereocenters. The number of benzene rings is 5. The highest BCUT2D eigenvalue weighted by atomic mass is 19.1. The first-order valence-electron chi connectivity index (χ1n) is 14.5. The maximum atomic E-state index is 15.7. The molecule has 0 saturated carbocycles. The van der Waals surface area contributed by atoms with Crippen molar-refractivity contribution in [2.45, 2.75) is 0 Å². The Hall–Kier alpha value is -5.94. The smallest absolute Gasteiger partial charge is 0.160 e. The van der Waals surface area contributed by atoms with E-state index in [1.165, 1.54) is 16.8 Å². The molecule has 0 N–H and O–H groups in total. The van der Waals surface area contributed by atoms with E-state index in [-0.39, 0.29) is 5.82 Å². The van der Waals surface area contributed by atoms with Crippen molar-refractivity contribution >= 4 is 21.8 Å². The van der Waals surface area contributed by atoms with E-state index >= 15 is 4.39 Å². The first kappa shape index (κ1) is 25.7. The zero-order valence-corrected chi connectivity index (χ0v) is 23.6. The minimum atomic E-state index is -0.354. The second kappa shape index (κ2) is 10.7. The highest BCUT2D eigenvalue weighted by molar-refractivity contribution is 6.09. The number of fused-ring (bicyclic) bond motifs is 3. The van der Waals surface area contributed by atoms with Gasteiger partial charge in [-0.05, 0) is 42.0 Å². The summed E-state index contributed by atoms with van der Waals surface area (Å²) in [6, 6.07) is 45.6. The Morgan fingerprint density at radius 1 is 0.500 bits per heavy atom. The van der Waals surface area contributed by atoms with Crippen LogP contribution in [-0.2, 0) is 0 Å².